The molecule has 2 heteroatoms. The van der Waals surface area contributed by atoms with E-state index in [1.165, 1.54) is 10.8 Å². The first-order chi connectivity index (χ1) is 7.33. The van der Waals surface area contributed by atoms with Crippen LogP contribution in [0.5, 0.6) is 0 Å². The van der Waals surface area contributed by atoms with Crippen LogP contribution in [0, 0.1) is 12.3 Å². The number of benzene rings is 2. The standard InChI is InChI=1S/C13H10BrN/c1-2-9-15-13-8-7-12(14)10-5-3-4-6-11(10)13/h1,3-8,15H,9H2. The molecule has 0 aliphatic heterocycles. The third kappa shape index (κ3) is 1.98. The summed E-state index contributed by atoms with van der Waals surface area (Å²) in [6.07, 6.45) is 5.23. The fourth-order valence-electron chi connectivity index (χ4n) is 1.56. The summed E-state index contributed by atoms with van der Waals surface area (Å²) >= 11 is 3.53. The molecule has 0 spiro atoms. The molecular formula is C13H10BrN. The third-order valence-electron chi connectivity index (χ3n) is 2.25. The largest absolute Gasteiger partial charge is 0.374 e. The summed E-state index contributed by atoms with van der Waals surface area (Å²) in [6, 6.07) is 12.3. The van der Waals surface area contributed by atoms with E-state index in [0.29, 0.717) is 6.54 Å². The number of hydrogen-bond donors (Lipinski definition) is 1. The van der Waals surface area contributed by atoms with Crippen LogP contribution in [-0.4, -0.2) is 6.54 Å². The molecule has 0 amide bonds. The normalized spacial score (nSPS) is 9.87. The van der Waals surface area contributed by atoms with E-state index in [0.717, 1.165) is 10.2 Å². The lowest BCUT2D eigenvalue weighted by atomic mass is 10.1. The summed E-state index contributed by atoms with van der Waals surface area (Å²) in [5.74, 6) is 2.57. The van der Waals surface area contributed by atoms with Gasteiger partial charge in [-0.25, -0.2) is 0 Å². The Labute approximate surface area is 97.6 Å². The molecule has 0 aromatic heterocycles. The second kappa shape index (κ2) is 4.37. The third-order valence-corrected chi connectivity index (χ3v) is 2.94. The Balaban J connectivity index is 2.57. The van der Waals surface area contributed by atoms with E-state index in [1.807, 2.05) is 24.3 Å². The van der Waals surface area contributed by atoms with Crippen LogP contribution in [0.15, 0.2) is 40.9 Å². The molecule has 1 nitrogen and oxygen atoms in total. The summed E-state index contributed by atoms with van der Waals surface area (Å²) in [4.78, 5) is 0. The van der Waals surface area contributed by atoms with Gasteiger partial charge in [-0.1, -0.05) is 46.1 Å². The Kier molecular flexibility index (Phi) is 2.94. The molecule has 1 N–H and O–H groups in total. The van der Waals surface area contributed by atoms with E-state index in [1.54, 1.807) is 0 Å². The molecule has 15 heavy (non-hydrogen) atoms. The predicted octanol–water partition coefficient (Wildman–Crippen LogP) is 3.65. The van der Waals surface area contributed by atoms with Crippen molar-refractivity contribution in [2.45, 2.75) is 0 Å². The number of hydrogen-bond acceptors (Lipinski definition) is 1. The van der Waals surface area contributed by atoms with Gasteiger partial charge in [0.1, 0.15) is 0 Å². The summed E-state index contributed by atoms with van der Waals surface area (Å²) in [7, 11) is 0. The number of nitrogens with one attached hydrogen (secondary N) is 1. The van der Waals surface area contributed by atoms with Crippen LogP contribution in [0.1, 0.15) is 0 Å². The highest BCUT2D eigenvalue weighted by Gasteiger charge is 2.02. The van der Waals surface area contributed by atoms with E-state index < -0.39 is 0 Å². The lowest BCUT2D eigenvalue weighted by Crippen LogP contribution is -1.98. The number of halogens is 1. The zero-order valence-corrected chi connectivity index (χ0v) is 9.71. The molecule has 2 aromatic carbocycles. The molecule has 0 unspecified atom stereocenters. The summed E-state index contributed by atoms with van der Waals surface area (Å²) in [6.45, 7) is 0.547. The zero-order chi connectivity index (χ0) is 10.7. The number of fused-ring (bicyclic) bond motifs is 1. The van der Waals surface area contributed by atoms with Crippen molar-refractivity contribution in [3.63, 3.8) is 0 Å². The molecule has 0 aliphatic rings. The van der Waals surface area contributed by atoms with Crippen molar-refractivity contribution in [2.24, 2.45) is 0 Å². The fourth-order valence-corrected chi connectivity index (χ4v) is 2.04. The monoisotopic (exact) mass is 259 g/mol. The zero-order valence-electron chi connectivity index (χ0n) is 8.13. The maximum atomic E-state index is 5.23. The maximum absolute atomic E-state index is 5.23. The highest BCUT2D eigenvalue weighted by atomic mass is 79.9. The second-order valence-electron chi connectivity index (χ2n) is 3.20. The molecule has 0 fully saturated rings. The average molecular weight is 260 g/mol. The lowest BCUT2D eigenvalue weighted by molar-refractivity contribution is 1.40. The molecule has 0 radical (unpaired) electrons. The molecule has 0 bridgehead atoms. The minimum absolute atomic E-state index is 0.547. The van der Waals surface area contributed by atoms with Crippen molar-refractivity contribution in [2.75, 3.05) is 11.9 Å². The van der Waals surface area contributed by atoms with Crippen LogP contribution < -0.4 is 5.32 Å². The van der Waals surface area contributed by atoms with Crippen molar-refractivity contribution in [1.29, 1.82) is 0 Å². The number of rotatable bonds is 2. The Morgan fingerprint density at radius 1 is 1.13 bits per heavy atom. The Morgan fingerprint density at radius 2 is 1.87 bits per heavy atom. The van der Waals surface area contributed by atoms with Crippen LogP contribution in [0.25, 0.3) is 10.8 Å². The van der Waals surface area contributed by atoms with Gasteiger partial charge in [0.05, 0.1) is 6.54 Å². The summed E-state index contributed by atoms with van der Waals surface area (Å²) in [5, 5.41) is 5.58. The molecule has 2 rings (SSSR count). The minimum atomic E-state index is 0.547. The van der Waals surface area contributed by atoms with Gasteiger partial charge >= 0.3 is 0 Å². The van der Waals surface area contributed by atoms with Crippen molar-refractivity contribution in [3.8, 4) is 12.3 Å². The van der Waals surface area contributed by atoms with Gasteiger partial charge in [0, 0.05) is 15.5 Å². The van der Waals surface area contributed by atoms with Crippen molar-refractivity contribution in [1.82, 2.24) is 0 Å². The van der Waals surface area contributed by atoms with Gasteiger partial charge in [0.15, 0.2) is 0 Å². The highest BCUT2D eigenvalue weighted by Crippen LogP contribution is 2.29. The highest BCUT2D eigenvalue weighted by molar-refractivity contribution is 9.10. The van der Waals surface area contributed by atoms with Gasteiger partial charge in [0.2, 0.25) is 0 Å². The molecular weight excluding hydrogens is 250 g/mol. The van der Waals surface area contributed by atoms with Gasteiger partial charge in [-0.2, -0.15) is 0 Å². The first kappa shape index (κ1) is 10.1. The maximum Gasteiger partial charge on any atom is 0.0763 e. The Morgan fingerprint density at radius 3 is 2.60 bits per heavy atom. The molecule has 0 saturated heterocycles. The molecule has 0 atom stereocenters. The van der Waals surface area contributed by atoms with Crippen LogP contribution in [-0.2, 0) is 0 Å². The van der Waals surface area contributed by atoms with E-state index in [4.69, 9.17) is 6.42 Å². The molecule has 74 valence electrons. The fraction of sp³-hybridized carbons (Fsp3) is 0.0769. The Bertz CT molecular complexity index is 526. The summed E-state index contributed by atoms with van der Waals surface area (Å²) < 4.78 is 1.10. The van der Waals surface area contributed by atoms with Crippen LogP contribution in [0.2, 0.25) is 0 Å². The van der Waals surface area contributed by atoms with E-state index >= 15 is 0 Å². The summed E-state index contributed by atoms with van der Waals surface area (Å²) in [5.41, 5.74) is 1.08. The first-order valence-electron chi connectivity index (χ1n) is 4.67. The van der Waals surface area contributed by atoms with Crippen molar-refractivity contribution < 1.29 is 0 Å². The van der Waals surface area contributed by atoms with E-state index in [2.05, 4.69) is 39.3 Å². The first-order valence-corrected chi connectivity index (χ1v) is 5.47. The van der Waals surface area contributed by atoms with Gasteiger partial charge in [0.25, 0.3) is 0 Å². The van der Waals surface area contributed by atoms with Crippen LogP contribution >= 0.6 is 15.9 Å². The van der Waals surface area contributed by atoms with Gasteiger partial charge in [-0.15, -0.1) is 6.42 Å². The van der Waals surface area contributed by atoms with Crippen molar-refractivity contribution in [3.05, 3.63) is 40.9 Å². The van der Waals surface area contributed by atoms with E-state index in [9.17, 15) is 0 Å². The average Bonchev–Trinajstić information content (AvgIpc) is 2.29. The van der Waals surface area contributed by atoms with Gasteiger partial charge < -0.3 is 5.32 Å². The molecule has 0 heterocycles. The quantitative estimate of drug-likeness (QED) is 0.813. The molecule has 2 aromatic rings. The molecule has 0 aliphatic carbocycles. The topological polar surface area (TPSA) is 12.0 Å². The smallest absolute Gasteiger partial charge is 0.0763 e. The Hall–Kier alpha value is -1.46. The minimum Gasteiger partial charge on any atom is -0.374 e. The second-order valence-corrected chi connectivity index (χ2v) is 4.05. The predicted molar refractivity (Wildman–Crippen MR) is 69.0 cm³/mol. The number of terminal acetylenes is 1. The van der Waals surface area contributed by atoms with Gasteiger partial charge in [-0.05, 0) is 17.5 Å². The molecule has 0 saturated carbocycles. The van der Waals surface area contributed by atoms with Crippen LogP contribution in [0.3, 0.4) is 0 Å². The number of anilines is 1. The van der Waals surface area contributed by atoms with Crippen LogP contribution in [0.4, 0.5) is 5.69 Å². The van der Waals surface area contributed by atoms with Crippen molar-refractivity contribution >= 4 is 32.4 Å². The SMILES string of the molecule is C#CCNc1ccc(Br)c2ccccc12. The lowest BCUT2D eigenvalue weighted by Gasteiger charge is -2.08. The van der Waals surface area contributed by atoms with E-state index in [-0.39, 0.29) is 0 Å². The van der Waals surface area contributed by atoms with Gasteiger partial charge in [-0.3, -0.25) is 0 Å².